The van der Waals surface area contributed by atoms with E-state index in [1.54, 1.807) is 0 Å². The first-order chi connectivity index (χ1) is 6.49. The summed E-state index contributed by atoms with van der Waals surface area (Å²) in [6, 6.07) is 0. The third kappa shape index (κ3) is 4.97. The number of hydrogen-bond donors (Lipinski definition) is 1. The molecule has 0 rings (SSSR count). The molecule has 0 spiro atoms. The first-order valence-corrected chi connectivity index (χ1v) is 4.85. The molecular formula is C10H18O4. The van der Waals surface area contributed by atoms with Gasteiger partial charge in [-0.05, 0) is 12.8 Å². The van der Waals surface area contributed by atoms with Crippen LogP contribution in [0.4, 0.5) is 0 Å². The first kappa shape index (κ1) is 13.1. The fraction of sp³-hybridized carbons (Fsp3) is 0.800. The summed E-state index contributed by atoms with van der Waals surface area (Å²) in [4.78, 5) is 21.8. The van der Waals surface area contributed by atoms with E-state index in [1.165, 1.54) is 0 Å². The lowest BCUT2D eigenvalue weighted by atomic mass is 10.00. The van der Waals surface area contributed by atoms with Crippen LogP contribution in [0.5, 0.6) is 0 Å². The van der Waals surface area contributed by atoms with Gasteiger partial charge in [0.05, 0.1) is 6.42 Å². The fourth-order valence-corrected chi connectivity index (χ4v) is 1.21. The maximum Gasteiger partial charge on any atom is 0.303 e. The number of Topliss-reactive ketones (excluding diaryl/α,β-unsaturated/α-hetero) is 1. The standard InChI is InChI=1S/C10H18O4/c1-4-14-10(7(2)3)8(11)5-6-9(12)13/h7,10H,4-6H2,1-3H3,(H,12,13). The Morgan fingerprint density at radius 3 is 2.21 bits per heavy atom. The van der Waals surface area contributed by atoms with Crippen molar-refractivity contribution in [1.82, 2.24) is 0 Å². The van der Waals surface area contributed by atoms with Gasteiger partial charge in [0.2, 0.25) is 0 Å². The van der Waals surface area contributed by atoms with Gasteiger partial charge in [-0.3, -0.25) is 9.59 Å². The Morgan fingerprint density at radius 1 is 1.29 bits per heavy atom. The van der Waals surface area contributed by atoms with Crippen molar-refractivity contribution >= 4 is 11.8 Å². The molecule has 4 nitrogen and oxygen atoms in total. The molecule has 0 aromatic heterocycles. The highest BCUT2D eigenvalue weighted by Gasteiger charge is 2.22. The largest absolute Gasteiger partial charge is 0.481 e. The zero-order valence-electron chi connectivity index (χ0n) is 8.95. The zero-order chi connectivity index (χ0) is 11.1. The van der Waals surface area contributed by atoms with Crippen molar-refractivity contribution < 1.29 is 19.4 Å². The second-order valence-electron chi connectivity index (χ2n) is 3.48. The Bertz CT molecular complexity index is 198. The lowest BCUT2D eigenvalue weighted by Gasteiger charge is -2.18. The quantitative estimate of drug-likeness (QED) is 0.679. The van der Waals surface area contributed by atoms with Gasteiger partial charge in [-0.15, -0.1) is 0 Å². The van der Waals surface area contributed by atoms with Crippen LogP contribution in [0.1, 0.15) is 33.6 Å². The van der Waals surface area contributed by atoms with E-state index in [1.807, 2.05) is 20.8 Å². The molecule has 0 fully saturated rings. The predicted molar refractivity (Wildman–Crippen MR) is 52.1 cm³/mol. The fourth-order valence-electron chi connectivity index (χ4n) is 1.21. The summed E-state index contributed by atoms with van der Waals surface area (Å²) in [6.07, 6.45) is -0.521. The number of rotatable bonds is 7. The molecule has 1 unspecified atom stereocenters. The zero-order valence-corrected chi connectivity index (χ0v) is 8.95. The van der Waals surface area contributed by atoms with Crippen LogP contribution in [0.25, 0.3) is 0 Å². The topological polar surface area (TPSA) is 63.6 Å². The van der Waals surface area contributed by atoms with Crippen LogP contribution in [0.2, 0.25) is 0 Å². The normalized spacial score (nSPS) is 12.9. The van der Waals surface area contributed by atoms with Gasteiger partial charge in [0.1, 0.15) is 6.10 Å². The van der Waals surface area contributed by atoms with Crippen LogP contribution in [-0.4, -0.2) is 29.6 Å². The summed E-state index contributed by atoms with van der Waals surface area (Å²) in [7, 11) is 0. The lowest BCUT2D eigenvalue weighted by Crippen LogP contribution is -2.30. The number of ether oxygens (including phenoxy) is 1. The highest BCUT2D eigenvalue weighted by atomic mass is 16.5. The van der Waals surface area contributed by atoms with E-state index in [4.69, 9.17) is 9.84 Å². The van der Waals surface area contributed by atoms with Gasteiger partial charge < -0.3 is 9.84 Å². The van der Waals surface area contributed by atoms with Crippen LogP contribution in [0.15, 0.2) is 0 Å². The number of hydrogen-bond acceptors (Lipinski definition) is 3. The molecule has 0 saturated heterocycles. The highest BCUT2D eigenvalue weighted by Crippen LogP contribution is 2.10. The van der Waals surface area contributed by atoms with Crippen molar-refractivity contribution in [3.05, 3.63) is 0 Å². The molecule has 82 valence electrons. The Balaban J connectivity index is 4.08. The Labute approximate surface area is 84.3 Å². The molecule has 0 aromatic rings. The molecule has 0 aromatic carbocycles. The second kappa shape index (κ2) is 6.54. The Hall–Kier alpha value is -0.900. The molecule has 14 heavy (non-hydrogen) atoms. The molecule has 0 saturated carbocycles. The first-order valence-electron chi connectivity index (χ1n) is 4.85. The summed E-state index contributed by atoms with van der Waals surface area (Å²) in [6.45, 7) is 6.07. The summed E-state index contributed by atoms with van der Waals surface area (Å²) in [5.74, 6) is -0.974. The van der Waals surface area contributed by atoms with Gasteiger partial charge >= 0.3 is 5.97 Å². The number of carboxylic acids is 1. The van der Waals surface area contributed by atoms with Crippen molar-refractivity contribution in [2.75, 3.05) is 6.61 Å². The number of carbonyl (C=O) groups excluding carboxylic acids is 1. The molecule has 1 atom stereocenters. The van der Waals surface area contributed by atoms with Gasteiger partial charge in [-0.25, -0.2) is 0 Å². The molecule has 4 heteroatoms. The van der Waals surface area contributed by atoms with Gasteiger partial charge in [0.25, 0.3) is 0 Å². The molecule has 1 N–H and O–H groups in total. The third-order valence-electron chi connectivity index (χ3n) is 1.85. The Morgan fingerprint density at radius 2 is 1.86 bits per heavy atom. The molecule has 0 aliphatic rings. The molecule has 0 bridgehead atoms. The maximum absolute atomic E-state index is 11.5. The minimum Gasteiger partial charge on any atom is -0.481 e. The van der Waals surface area contributed by atoms with Crippen LogP contribution < -0.4 is 0 Å². The van der Waals surface area contributed by atoms with Gasteiger partial charge in [-0.2, -0.15) is 0 Å². The average molecular weight is 202 g/mol. The van der Waals surface area contributed by atoms with Gasteiger partial charge in [0.15, 0.2) is 5.78 Å². The summed E-state index contributed by atoms with van der Waals surface area (Å²) >= 11 is 0. The maximum atomic E-state index is 11.5. The van der Waals surface area contributed by atoms with E-state index < -0.39 is 12.1 Å². The van der Waals surface area contributed by atoms with Gasteiger partial charge in [-0.1, -0.05) is 13.8 Å². The number of carboxylic acid groups (broad SMARTS) is 1. The van der Waals surface area contributed by atoms with Crippen LogP contribution in [-0.2, 0) is 14.3 Å². The van der Waals surface area contributed by atoms with Crippen molar-refractivity contribution in [3.63, 3.8) is 0 Å². The average Bonchev–Trinajstić information content (AvgIpc) is 2.09. The SMILES string of the molecule is CCOC(C(=O)CCC(=O)O)C(C)C. The van der Waals surface area contributed by atoms with Crippen molar-refractivity contribution in [2.24, 2.45) is 5.92 Å². The molecule has 0 heterocycles. The highest BCUT2D eigenvalue weighted by molar-refractivity contribution is 5.86. The van der Waals surface area contributed by atoms with Crippen LogP contribution in [0.3, 0.4) is 0 Å². The summed E-state index contributed by atoms with van der Waals surface area (Å²) < 4.78 is 5.26. The van der Waals surface area contributed by atoms with Crippen molar-refractivity contribution in [2.45, 2.75) is 39.7 Å². The minimum atomic E-state index is -0.947. The van der Waals surface area contributed by atoms with Gasteiger partial charge in [0, 0.05) is 13.0 Å². The van der Waals surface area contributed by atoms with Crippen molar-refractivity contribution in [3.8, 4) is 0 Å². The number of ketones is 1. The van der Waals surface area contributed by atoms with Crippen molar-refractivity contribution in [1.29, 1.82) is 0 Å². The van der Waals surface area contributed by atoms with Crippen LogP contribution >= 0.6 is 0 Å². The molecule has 0 radical (unpaired) electrons. The van der Waals surface area contributed by atoms with E-state index in [9.17, 15) is 9.59 Å². The predicted octanol–water partition coefficient (Wildman–Crippen LogP) is 1.48. The molecule has 0 amide bonds. The molecule has 0 aliphatic heterocycles. The van der Waals surface area contributed by atoms with E-state index in [-0.39, 0.29) is 24.5 Å². The second-order valence-corrected chi connectivity index (χ2v) is 3.48. The molecule has 0 aliphatic carbocycles. The van der Waals surface area contributed by atoms with E-state index in [0.29, 0.717) is 6.61 Å². The monoisotopic (exact) mass is 202 g/mol. The molecular weight excluding hydrogens is 184 g/mol. The summed E-state index contributed by atoms with van der Waals surface area (Å²) in [5, 5.41) is 8.42. The summed E-state index contributed by atoms with van der Waals surface area (Å²) in [5.41, 5.74) is 0. The Kier molecular flexibility index (Phi) is 6.12. The van der Waals surface area contributed by atoms with E-state index >= 15 is 0 Å². The number of aliphatic carboxylic acids is 1. The number of carbonyl (C=O) groups is 2. The minimum absolute atomic E-state index is 0.0538. The van der Waals surface area contributed by atoms with Crippen LogP contribution in [0, 0.1) is 5.92 Å². The smallest absolute Gasteiger partial charge is 0.303 e. The third-order valence-corrected chi connectivity index (χ3v) is 1.85. The van der Waals surface area contributed by atoms with E-state index in [2.05, 4.69) is 0 Å². The lowest BCUT2D eigenvalue weighted by molar-refractivity contribution is -0.141. The van der Waals surface area contributed by atoms with E-state index in [0.717, 1.165) is 0 Å².